The fourth-order valence-corrected chi connectivity index (χ4v) is 4.08. The summed E-state index contributed by atoms with van der Waals surface area (Å²) in [6, 6.07) is 13.3. The van der Waals surface area contributed by atoms with Gasteiger partial charge in [0.25, 0.3) is 0 Å². The van der Waals surface area contributed by atoms with Crippen LogP contribution in [0.25, 0.3) is 21.9 Å². The molecule has 0 N–H and O–H groups in total. The van der Waals surface area contributed by atoms with E-state index >= 15 is 0 Å². The van der Waals surface area contributed by atoms with Gasteiger partial charge in [-0.05, 0) is 32.4 Å². The number of hydrogen-bond donors (Lipinski definition) is 0. The van der Waals surface area contributed by atoms with Crippen molar-refractivity contribution in [3.05, 3.63) is 95.4 Å². The van der Waals surface area contributed by atoms with Crippen LogP contribution in [0.1, 0.15) is 0 Å². The molecule has 0 saturated carbocycles. The molecule has 0 aliphatic heterocycles. The van der Waals surface area contributed by atoms with Crippen LogP contribution in [0.2, 0.25) is 0 Å². The van der Waals surface area contributed by atoms with Crippen molar-refractivity contribution in [3.63, 3.8) is 0 Å². The highest BCUT2D eigenvalue weighted by atomic mass is 14.3. The van der Waals surface area contributed by atoms with Crippen LogP contribution in [0.4, 0.5) is 0 Å². The van der Waals surface area contributed by atoms with Crippen LogP contribution >= 0.6 is 0 Å². The van der Waals surface area contributed by atoms with E-state index in [2.05, 4.69) is 85.0 Å². The van der Waals surface area contributed by atoms with Crippen molar-refractivity contribution in [1.82, 2.24) is 0 Å². The first-order chi connectivity index (χ1) is 10.9. The first kappa shape index (κ1) is 12.0. The molecule has 3 aliphatic carbocycles. The van der Waals surface area contributed by atoms with Crippen LogP contribution in [0, 0.1) is 11.8 Å². The lowest BCUT2D eigenvalue weighted by atomic mass is 9.72. The number of benzene rings is 2. The van der Waals surface area contributed by atoms with Crippen molar-refractivity contribution in [2.24, 2.45) is 11.8 Å². The summed E-state index contributed by atoms with van der Waals surface area (Å²) in [7, 11) is 0. The topological polar surface area (TPSA) is 0 Å². The molecular weight excluding hydrogens is 264 g/mol. The Hall–Kier alpha value is -2.60. The van der Waals surface area contributed by atoms with Crippen LogP contribution in [0.5, 0.6) is 0 Å². The molecule has 0 bridgehead atoms. The minimum absolute atomic E-state index is 0.458. The van der Waals surface area contributed by atoms with Crippen LogP contribution in [0.3, 0.4) is 0 Å². The first-order valence-corrected chi connectivity index (χ1v) is 7.89. The summed E-state index contributed by atoms with van der Waals surface area (Å²) in [6.07, 6.45) is 18.0. The van der Waals surface area contributed by atoms with Crippen molar-refractivity contribution in [1.29, 1.82) is 0 Å². The van der Waals surface area contributed by atoms with E-state index in [4.69, 9.17) is 0 Å². The Morgan fingerprint density at radius 1 is 0.636 bits per heavy atom. The van der Waals surface area contributed by atoms with Gasteiger partial charge < -0.3 is 0 Å². The van der Waals surface area contributed by atoms with Gasteiger partial charge in [-0.3, -0.25) is 0 Å². The molecule has 0 spiro atoms. The molecular formula is C22H16. The number of rotatable bonds is 0. The Balaban J connectivity index is 2.07. The fourth-order valence-electron chi connectivity index (χ4n) is 4.08. The van der Waals surface area contributed by atoms with Crippen molar-refractivity contribution in [3.8, 4) is 0 Å². The molecule has 2 atom stereocenters. The maximum atomic E-state index is 2.36. The Bertz CT molecular complexity index is 1030. The minimum atomic E-state index is 0.458. The summed E-state index contributed by atoms with van der Waals surface area (Å²) in [4.78, 5) is 0. The molecule has 22 heavy (non-hydrogen) atoms. The van der Waals surface area contributed by atoms with E-state index in [-0.39, 0.29) is 0 Å². The molecule has 0 aromatic heterocycles. The van der Waals surface area contributed by atoms with Crippen molar-refractivity contribution >= 4 is 21.9 Å². The van der Waals surface area contributed by atoms with Gasteiger partial charge >= 0.3 is 0 Å². The Kier molecular flexibility index (Phi) is 2.42. The lowest BCUT2D eigenvalue weighted by Crippen LogP contribution is -2.39. The molecule has 2 unspecified atom stereocenters. The van der Waals surface area contributed by atoms with Gasteiger partial charge in [-0.1, -0.05) is 85.0 Å². The molecule has 0 radical (unpaired) electrons. The zero-order valence-corrected chi connectivity index (χ0v) is 12.2. The summed E-state index contributed by atoms with van der Waals surface area (Å²) in [5.74, 6) is 0.925. The fraction of sp³-hybridized carbons (Fsp3) is 0.0909. The monoisotopic (exact) mass is 280 g/mol. The normalized spacial score (nSPS) is 24.4. The predicted molar refractivity (Wildman–Crippen MR) is 93.6 cm³/mol. The maximum Gasteiger partial charge on any atom is 0.0131 e. The van der Waals surface area contributed by atoms with E-state index in [9.17, 15) is 0 Å². The summed E-state index contributed by atoms with van der Waals surface area (Å²) >= 11 is 0. The Morgan fingerprint density at radius 2 is 1.36 bits per heavy atom. The van der Waals surface area contributed by atoms with Crippen molar-refractivity contribution in [2.75, 3.05) is 0 Å². The Morgan fingerprint density at radius 3 is 2.23 bits per heavy atom. The average Bonchev–Trinajstić information content (AvgIpc) is 2.61. The summed E-state index contributed by atoms with van der Waals surface area (Å²) in [5.41, 5.74) is 2.92. The highest BCUT2D eigenvalue weighted by molar-refractivity contribution is 5.89. The van der Waals surface area contributed by atoms with Gasteiger partial charge in [0.2, 0.25) is 0 Å². The Labute approximate surface area is 129 Å². The first-order valence-electron chi connectivity index (χ1n) is 7.89. The minimum Gasteiger partial charge on any atom is -0.0761 e. The largest absolute Gasteiger partial charge is 0.0761 e. The average molecular weight is 280 g/mol. The summed E-state index contributed by atoms with van der Waals surface area (Å²) < 4.78 is 0. The quantitative estimate of drug-likeness (QED) is 0.691. The van der Waals surface area contributed by atoms with Crippen LogP contribution in [0.15, 0.2) is 85.0 Å². The number of hydrogen-bond acceptors (Lipinski definition) is 0. The number of allylic oxidation sites excluding steroid dienone is 8. The van der Waals surface area contributed by atoms with E-state index < -0.39 is 0 Å². The van der Waals surface area contributed by atoms with E-state index in [0.717, 1.165) is 0 Å². The molecule has 3 aliphatic rings. The molecule has 0 amide bonds. The van der Waals surface area contributed by atoms with Crippen LogP contribution in [-0.2, 0) is 0 Å². The van der Waals surface area contributed by atoms with Gasteiger partial charge in [-0.25, -0.2) is 0 Å². The molecule has 5 rings (SSSR count). The molecule has 0 fully saturated rings. The molecule has 0 heterocycles. The molecule has 0 nitrogen and oxygen atoms in total. The van der Waals surface area contributed by atoms with Gasteiger partial charge in [0, 0.05) is 11.8 Å². The SMILES string of the molecule is C1=CC2=c3ccc4ccccc4c3=C3C=CC=CC3C2C=C1. The second-order valence-corrected chi connectivity index (χ2v) is 6.16. The van der Waals surface area contributed by atoms with E-state index in [0.29, 0.717) is 11.8 Å². The third kappa shape index (κ3) is 1.52. The van der Waals surface area contributed by atoms with E-state index in [1.54, 1.807) is 0 Å². The molecule has 2 aromatic carbocycles. The van der Waals surface area contributed by atoms with Gasteiger partial charge in [0.15, 0.2) is 0 Å². The standard InChI is InChI=1S/C22H16/c1-2-8-16-15(7-1)13-14-21-19-11-4-3-9-17(19)18-10-5-6-12-20(18)22(16)21/h1-14,17-18H. The molecule has 104 valence electrons. The maximum absolute atomic E-state index is 2.36. The summed E-state index contributed by atoms with van der Waals surface area (Å²) in [6.45, 7) is 0. The molecule has 0 saturated heterocycles. The van der Waals surface area contributed by atoms with Crippen molar-refractivity contribution < 1.29 is 0 Å². The second-order valence-electron chi connectivity index (χ2n) is 6.16. The molecule has 0 heteroatoms. The zero-order valence-electron chi connectivity index (χ0n) is 12.2. The number of fused-ring (bicyclic) bond motifs is 6. The predicted octanol–water partition coefficient (Wildman–Crippen LogP) is 3.64. The van der Waals surface area contributed by atoms with Gasteiger partial charge in [0.05, 0.1) is 0 Å². The van der Waals surface area contributed by atoms with Crippen LogP contribution in [-0.4, -0.2) is 0 Å². The zero-order chi connectivity index (χ0) is 14.5. The smallest absolute Gasteiger partial charge is 0.0131 e. The highest BCUT2D eigenvalue weighted by Gasteiger charge is 2.29. The second kappa shape index (κ2) is 4.45. The van der Waals surface area contributed by atoms with Crippen molar-refractivity contribution in [2.45, 2.75) is 0 Å². The highest BCUT2D eigenvalue weighted by Crippen LogP contribution is 2.37. The van der Waals surface area contributed by atoms with Gasteiger partial charge in [-0.2, -0.15) is 0 Å². The van der Waals surface area contributed by atoms with Crippen LogP contribution < -0.4 is 10.4 Å². The van der Waals surface area contributed by atoms with Gasteiger partial charge in [-0.15, -0.1) is 0 Å². The van der Waals surface area contributed by atoms with E-state index in [1.807, 2.05) is 0 Å². The molecule has 2 aromatic rings. The van der Waals surface area contributed by atoms with Gasteiger partial charge in [0.1, 0.15) is 0 Å². The lowest BCUT2D eigenvalue weighted by Gasteiger charge is -2.31. The third-order valence-corrected chi connectivity index (χ3v) is 5.04. The lowest BCUT2D eigenvalue weighted by molar-refractivity contribution is 0.695. The van der Waals surface area contributed by atoms with E-state index in [1.165, 1.54) is 32.4 Å². The third-order valence-electron chi connectivity index (χ3n) is 5.04. The summed E-state index contributed by atoms with van der Waals surface area (Å²) in [5, 5.41) is 5.52.